The van der Waals surface area contributed by atoms with Gasteiger partial charge in [-0.3, -0.25) is 9.59 Å². The SMILES string of the molecule is CCOS(=O)(=O)O[C@@H](C)[C@@H]1C(=O)N2C(C(=O)[O-])=C(S/C(Br)=C/NC(C)=O)C[C@H]12. The molecule has 0 aliphatic carbocycles. The highest BCUT2D eigenvalue weighted by molar-refractivity contribution is 9.14. The summed E-state index contributed by atoms with van der Waals surface area (Å²) < 4.78 is 33.1. The van der Waals surface area contributed by atoms with Crippen LogP contribution < -0.4 is 10.4 Å². The van der Waals surface area contributed by atoms with E-state index in [0.29, 0.717) is 8.72 Å². The molecule has 0 aromatic heterocycles. The minimum atomic E-state index is -4.26. The van der Waals surface area contributed by atoms with Crippen molar-refractivity contribution in [2.45, 2.75) is 39.3 Å². The van der Waals surface area contributed by atoms with Gasteiger partial charge in [0.25, 0.3) is 0 Å². The number of hydrogen-bond acceptors (Lipinski definition) is 9. The summed E-state index contributed by atoms with van der Waals surface area (Å²) in [5.74, 6) is -3.24. The van der Waals surface area contributed by atoms with Crippen LogP contribution in [-0.4, -0.2) is 49.9 Å². The van der Waals surface area contributed by atoms with Crippen LogP contribution in [0.25, 0.3) is 0 Å². The second-order valence-corrected chi connectivity index (χ2v) is 9.69. The van der Waals surface area contributed by atoms with Gasteiger partial charge in [0.15, 0.2) is 0 Å². The Kier molecular flexibility index (Phi) is 7.31. The molecule has 13 heteroatoms. The number of carbonyl (C=O) groups is 3. The number of halogens is 1. The molecule has 0 aromatic carbocycles. The van der Waals surface area contributed by atoms with Crippen molar-refractivity contribution in [2.75, 3.05) is 6.61 Å². The van der Waals surface area contributed by atoms with Crippen molar-refractivity contribution in [2.24, 2.45) is 5.92 Å². The molecule has 28 heavy (non-hydrogen) atoms. The maximum Gasteiger partial charge on any atom is 0.400 e. The maximum absolute atomic E-state index is 12.5. The number of thioether (sulfide) groups is 1. The van der Waals surface area contributed by atoms with E-state index in [1.165, 1.54) is 27.0 Å². The van der Waals surface area contributed by atoms with Gasteiger partial charge in [-0.25, -0.2) is 8.37 Å². The standard InChI is InChI=1S/C15H19BrN2O8S2/c1-4-25-28(23,24)26-7(2)12-9-5-10(27-11(16)6-17-8(3)19)13(15(21)22)18(9)14(12)20/h6-7,9,12H,4-5H2,1-3H3,(H,17,19)(H,21,22)/p-1/b11-6+/t7-,9+,12-/m0/s1. The molecule has 0 aromatic rings. The summed E-state index contributed by atoms with van der Waals surface area (Å²) in [7, 11) is -4.26. The fraction of sp³-hybridized carbons (Fsp3) is 0.533. The predicted octanol–water partition coefficient (Wildman–Crippen LogP) is -0.0719. The summed E-state index contributed by atoms with van der Waals surface area (Å²) in [6.07, 6.45) is 0.494. The topological polar surface area (TPSA) is 142 Å². The van der Waals surface area contributed by atoms with Gasteiger partial charge in [0, 0.05) is 24.4 Å². The maximum atomic E-state index is 12.5. The average molecular weight is 498 g/mol. The zero-order valence-electron chi connectivity index (χ0n) is 15.1. The first-order valence-electron chi connectivity index (χ1n) is 8.14. The molecule has 1 N–H and O–H groups in total. The van der Waals surface area contributed by atoms with E-state index in [-0.39, 0.29) is 24.6 Å². The van der Waals surface area contributed by atoms with Gasteiger partial charge >= 0.3 is 10.4 Å². The fourth-order valence-corrected chi connectivity index (χ4v) is 5.44. The van der Waals surface area contributed by atoms with E-state index in [0.717, 1.165) is 16.7 Å². The van der Waals surface area contributed by atoms with E-state index in [1.807, 2.05) is 0 Å². The largest absolute Gasteiger partial charge is 0.543 e. The van der Waals surface area contributed by atoms with Gasteiger partial charge in [0.2, 0.25) is 11.8 Å². The number of fused-ring (bicyclic) bond motifs is 1. The number of rotatable bonds is 9. The molecule has 1 saturated heterocycles. The molecule has 3 atom stereocenters. The monoisotopic (exact) mass is 497 g/mol. The average Bonchev–Trinajstić information content (AvgIpc) is 2.86. The van der Waals surface area contributed by atoms with Gasteiger partial charge in [0.1, 0.15) is 0 Å². The van der Waals surface area contributed by atoms with Crippen molar-refractivity contribution < 1.29 is 36.3 Å². The minimum absolute atomic E-state index is 0.116. The molecule has 2 aliphatic heterocycles. The number of carbonyl (C=O) groups excluding carboxylic acids is 3. The van der Waals surface area contributed by atoms with Crippen LogP contribution in [0.5, 0.6) is 0 Å². The number of aliphatic carboxylic acids is 1. The lowest BCUT2D eigenvalue weighted by atomic mass is 9.83. The highest BCUT2D eigenvalue weighted by Crippen LogP contribution is 2.49. The van der Waals surface area contributed by atoms with Crippen LogP contribution in [0.2, 0.25) is 0 Å². The third-order valence-electron chi connectivity index (χ3n) is 4.01. The summed E-state index contributed by atoms with van der Waals surface area (Å²) >= 11 is 4.22. The number of nitrogens with one attached hydrogen (secondary N) is 1. The van der Waals surface area contributed by atoms with Gasteiger partial charge < -0.3 is 20.1 Å². The Balaban J connectivity index is 2.17. The van der Waals surface area contributed by atoms with Gasteiger partial charge in [-0.2, -0.15) is 8.42 Å². The van der Waals surface area contributed by atoms with Crippen LogP contribution in [0, 0.1) is 5.92 Å². The van der Waals surface area contributed by atoms with Gasteiger partial charge in [0.05, 0.1) is 40.2 Å². The summed E-state index contributed by atoms with van der Waals surface area (Å²) in [6.45, 7) is 4.09. The number of carboxylic acids is 1. The number of carboxylic acid groups (broad SMARTS) is 1. The Hall–Kier alpha value is -1.41. The summed E-state index contributed by atoms with van der Waals surface area (Å²) in [4.78, 5) is 36.4. The van der Waals surface area contributed by atoms with Crippen molar-refractivity contribution in [3.63, 3.8) is 0 Å². The molecule has 2 aliphatic rings. The fourth-order valence-electron chi connectivity index (χ4n) is 3.02. The number of amides is 2. The normalized spacial score (nSPS) is 23.4. The molecule has 0 spiro atoms. The molecule has 2 heterocycles. The van der Waals surface area contributed by atoms with E-state index >= 15 is 0 Å². The first kappa shape index (κ1) is 22.9. The lowest BCUT2D eigenvalue weighted by Gasteiger charge is -2.46. The van der Waals surface area contributed by atoms with E-state index in [1.54, 1.807) is 0 Å². The Labute approximate surface area is 174 Å². The quantitative estimate of drug-likeness (QED) is 0.432. The zero-order chi connectivity index (χ0) is 21.2. The Morgan fingerprint density at radius 2 is 2.14 bits per heavy atom. The van der Waals surface area contributed by atoms with Gasteiger partial charge in [-0.1, -0.05) is 11.8 Å². The second kappa shape index (κ2) is 8.95. The highest BCUT2D eigenvalue weighted by Gasteiger charge is 2.56. The molecule has 2 rings (SSSR count). The van der Waals surface area contributed by atoms with Crippen molar-refractivity contribution in [1.82, 2.24) is 10.2 Å². The summed E-state index contributed by atoms with van der Waals surface area (Å²) in [5.41, 5.74) is -0.274. The van der Waals surface area contributed by atoms with Gasteiger partial charge in [-0.15, -0.1) is 0 Å². The van der Waals surface area contributed by atoms with Crippen LogP contribution >= 0.6 is 27.7 Å². The van der Waals surface area contributed by atoms with Crippen LogP contribution in [0.4, 0.5) is 0 Å². The second-order valence-electron chi connectivity index (χ2n) is 5.93. The van der Waals surface area contributed by atoms with E-state index in [4.69, 9.17) is 4.18 Å². The van der Waals surface area contributed by atoms with Crippen LogP contribution in [0.15, 0.2) is 20.6 Å². The van der Waals surface area contributed by atoms with Crippen molar-refractivity contribution >= 4 is 55.9 Å². The Morgan fingerprint density at radius 1 is 1.50 bits per heavy atom. The lowest BCUT2D eigenvalue weighted by molar-refractivity contribution is -0.301. The molecular formula is C15H18BrN2O8S2-. The Bertz CT molecular complexity index is 854. The van der Waals surface area contributed by atoms with E-state index in [9.17, 15) is 27.9 Å². The van der Waals surface area contributed by atoms with E-state index in [2.05, 4.69) is 25.4 Å². The Morgan fingerprint density at radius 3 is 2.68 bits per heavy atom. The molecule has 156 valence electrons. The van der Waals surface area contributed by atoms with Crippen molar-refractivity contribution in [1.29, 1.82) is 0 Å². The summed E-state index contributed by atoms with van der Waals surface area (Å²) in [6, 6.07) is -0.573. The highest BCUT2D eigenvalue weighted by atomic mass is 79.9. The first-order chi connectivity index (χ1) is 13.0. The van der Waals surface area contributed by atoms with Gasteiger partial charge in [-0.05, 0) is 29.8 Å². The van der Waals surface area contributed by atoms with Crippen molar-refractivity contribution in [3.8, 4) is 0 Å². The first-order valence-corrected chi connectivity index (χ1v) is 11.1. The number of nitrogens with zero attached hydrogens (tertiary/aromatic N) is 1. The lowest BCUT2D eigenvalue weighted by Crippen LogP contribution is -2.63. The van der Waals surface area contributed by atoms with Crippen LogP contribution in [-0.2, 0) is 33.1 Å². The van der Waals surface area contributed by atoms with Crippen molar-refractivity contribution in [3.05, 3.63) is 20.6 Å². The van der Waals surface area contributed by atoms with Crippen LogP contribution in [0.1, 0.15) is 27.2 Å². The minimum Gasteiger partial charge on any atom is -0.543 e. The van der Waals surface area contributed by atoms with E-state index < -0.39 is 40.3 Å². The molecule has 1 fully saturated rings. The molecule has 0 bridgehead atoms. The predicted molar refractivity (Wildman–Crippen MR) is 100 cm³/mol. The smallest absolute Gasteiger partial charge is 0.400 e. The summed E-state index contributed by atoms with van der Waals surface area (Å²) in [5, 5.41) is 14.0. The number of β-lactam (4-membered cyclic amide) rings is 1. The third kappa shape index (κ3) is 4.95. The molecule has 0 radical (unpaired) electrons. The van der Waals surface area contributed by atoms with Crippen LogP contribution in [0.3, 0.4) is 0 Å². The molecule has 0 unspecified atom stereocenters. The zero-order valence-corrected chi connectivity index (χ0v) is 18.4. The molecule has 0 saturated carbocycles. The number of hydrogen-bond donors (Lipinski definition) is 1. The molecule has 10 nitrogen and oxygen atoms in total. The third-order valence-corrected chi connectivity index (χ3v) is 6.71. The molecular weight excluding hydrogens is 480 g/mol. The molecule has 2 amide bonds.